The fraction of sp³-hybridized carbons (Fsp3) is 0.143. The van der Waals surface area contributed by atoms with Gasteiger partial charge >= 0.3 is 6.36 Å². The number of halogens is 4. The quantitative estimate of drug-likeness (QED) is 0.914. The second-order valence-corrected chi connectivity index (χ2v) is 4.52. The zero-order valence-electron chi connectivity index (χ0n) is 10.2. The highest BCUT2D eigenvalue weighted by Crippen LogP contribution is 2.31. The van der Waals surface area contributed by atoms with Gasteiger partial charge in [-0.1, -0.05) is 35.9 Å². The molecular formula is C14H11ClF3NO. The summed E-state index contributed by atoms with van der Waals surface area (Å²) in [6.07, 6.45) is -4.75. The van der Waals surface area contributed by atoms with Crippen LogP contribution in [0.25, 0.3) is 11.1 Å². The van der Waals surface area contributed by atoms with Crippen LogP contribution in [0, 0.1) is 0 Å². The van der Waals surface area contributed by atoms with E-state index in [1.807, 2.05) is 0 Å². The molecule has 0 aliphatic heterocycles. The third kappa shape index (κ3) is 3.65. The lowest BCUT2D eigenvalue weighted by Gasteiger charge is -2.14. The molecule has 2 nitrogen and oxygen atoms in total. The molecule has 0 atom stereocenters. The number of alkyl halides is 3. The molecule has 0 bridgehead atoms. The van der Waals surface area contributed by atoms with Crippen molar-refractivity contribution in [3.05, 3.63) is 53.1 Å². The first-order valence-corrected chi connectivity index (χ1v) is 6.11. The SMILES string of the molecule is NCc1ccc(-c2ccc(Cl)cc2)cc1OC(F)(F)F. The number of benzene rings is 2. The third-order valence-corrected chi connectivity index (χ3v) is 2.94. The van der Waals surface area contributed by atoms with E-state index in [4.69, 9.17) is 17.3 Å². The van der Waals surface area contributed by atoms with Gasteiger partial charge < -0.3 is 10.5 Å². The molecule has 0 aromatic heterocycles. The molecule has 2 aromatic rings. The van der Waals surface area contributed by atoms with E-state index in [1.165, 1.54) is 12.1 Å². The van der Waals surface area contributed by atoms with Gasteiger partial charge in [0, 0.05) is 17.1 Å². The van der Waals surface area contributed by atoms with Crippen molar-refractivity contribution in [2.75, 3.05) is 0 Å². The minimum Gasteiger partial charge on any atom is -0.405 e. The molecule has 2 N–H and O–H groups in total. The van der Waals surface area contributed by atoms with Crippen molar-refractivity contribution in [2.24, 2.45) is 5.73 Å². The summed E-state index contributed by atoms with van der Waals surface area (Å²) in [4.78, 5) is 0. The Balaban J connectivity index is 2.41. The van der Waals surface area contributed by atoms with Crippen LogP contribution < -0.4 is 10.5 Å². The number of ether oxygens (including phenoxy) is 1. The van der Waals surface area contributed by atoms with Crippen LogP contribution in [0.15, 0.2) is 42.5 Å². The fourth-order valence-corrected chi connectivity index (χ4v) is 1.89. The van der Waals surface area contributed by atoms with Gasteiger partial charge in [0.15, 0.2) is 0 Å². The van der Waals surface area contributed by atoms with Crippen LogP contribution in [0.3, 0.4) is 0 Å². The smallest absolute Gasteiger partial charge is 0.405 e. The molecular weight excluding hydrogens is 291 g/mol. The van der Waals surface area contributed by atoms with Crippen LogP contribution in [0.1, 0.15) is 5.56 Å². The molecule has 0 fully saturated rings. The van der Waals surface area contributed by atoms with Gasteiger partial charge in [0.25, 0.3) is 0 Å². The number of hydrogen-bond donors (Lipinski definition) is 1. The standard InChI is InChI=1S/C14H11ClF3NO/c15-12-5-3-9(4-6-12)10-1-2-11(8-19)13(7-10)20-14(16,17)18/h1-7H,8,19H2. The molecule has 2 aromatic carbocycles. The average Bonchev–Trinajstić information content (AvgIpc) is 2.37. The van der Waals surface area contributed by atoms with Gasteiger partial charge in [0.2, 0.25) is 0 Å². The Morgan fingerprint density at radius 3 is 2.15 bits per heavy atom. The minimum absolute atomic E-state index is 0.0354. The topological polar surface area (TPSA) is 35.2 Å². The van der Waals surface area contributed by atoms with Crippen LogP contribution in [0.5, 0.6) is 5.75 Å². The summed E-state index contributed by atoms with van der Waals surface area (Å²) in [6.45, 7) is -0.0354. The highest BCUT2D eigenvalue weighted by Gasteiger charge is 2.32. The Morgan fingerprint density at radius 2 is 1.60 bits per heavy atom. The molecule has 0 aliphatic carbocycles. The van der Waals surface area contributed by atoms with Crippen LogP contribution >= 0.6 is 11.6 Å². The summed E-state index contributed by atoms with van der Waals surface area (Å²) in [5, 5.41) is 0.555. The van der Waals surface area contributed by atoms with Crippen molar-refractivity contribution in [1.29, 1.82) is 0 Å². The Morgan fingerprint density at radius 1 is 1.00 bits per heavy atom. The first kappa shape index (κ1) is 14.7. The maximum absolute atomic E-state index is 12.4. The second kappa shape index (κ2) is 5.73. The van der Waals surface area contributed by atoms with Gasteiger partial charge in [0.1, 0.15) is 5.75 Å². The Hall–Kier alpha value is -1.72. The minimum atomic E-state index is -4.75. The fourth-order valence-electron chi connectivity index (χ4n) is 1.76. The van der Waals surface area contributed by atoms with E-state index in [0.29, 0.717) is 16.1 Å². The van der Waals surface area contributed by atoms with Crippen LogP contribution in [0.4, 0.5) is 13.2 Å². The van der Waals surface area contributed by atoms with Crippen molar-refractivity contribution in [1.82, 2.24) is 0 Å². The summed E-state index contributed by atoms with van der Waals surface area (Å²) < 4.78 is 41.1. The highest BCUT2D eigenvalue weighted by molar-refractivity contribution is 6.30. The molecule has 0 saturated carbocycles. The van der Waals surface area contributed by atoms with Crippen molar-refractivity contribution < 1.29 is 17.9 Å². The first-order chi connectivity index (χ1) is 9.39. The zero-order valence-corrected chi connectivity index (χ0v) is 11.0. The zero-order chi connectivity index (χ0) is 14.8. The summed E-state index contributed by atoms with van der Waals surface area (Å²) in [6, 6.07) is 11.3. The van der Waals surface area contributed by atoms with E-state index in [1.54, 1.807) is 30.3 Å². The molecule has 2 rings (SSSR count). The first-order valence-electron chi connectivity index (χ1n) is 5.74. The summed E-state index contributed by atoms with van der Waals surface area (Å²) >= 11 is 5.78. The monoisotopic (exact) mass is 301 g/mol. The van der Waals surface area contributed by atoms with Gasteiger partial charge in [-0.2, -0.15) is 0 Å². The number of hydrogen-bond acceptors (Lipinski definition) is 2. The summed E-state index contributed by atoms with van der Waals surface area (Å²) in [5.74, 6) is -0.285. The average molecular weight is 302 g/mol. The Labute approximate surface area is 118 Å². The van der Waals surface area contributed by atoms with Gasteiger partial charge in [-0.3, -0.25) is 0 Å². The molecule has 0 aliphatic rings. The molecule has 20 heavy (non-hydrogen) atoms. The molecule has 0 radical (unpaired) electrons. The van der Waals surface area contributed by atoms with Gasteiger partial charge in [-0.15, -0.1) is 13.2 Å². The predicted molar refractivity (Wildman–Crippen MR) is 71.5 cm³/mol. The van der Waals surface area contributed by atoms with Gasteiger partial charge in [-0.05, 0) is 29.3 Å². The predicted octanol–water partition coefficient (Wildman–Crippen LogP) is 4.36. The second-order valence-electron chi connectivity index (χ2n) is 4.08. The Kier molecular flexibility index (Phi) is 4.20. The van der Waals surface area contributed by atoms with Crippen LogP contribution in [-0.4, -0.2) is 6.36 Å². The van der Waals surface area contributed by atoms with Crippen LogP contribution in [-0.2, 0) is 6.54 Å². The molecule has 106 valence electrons. The third-order valence-electron chi connectivity index (χ3n) is 2.69. The van der Waals surface area contributed by atoms with Gasteiger partial charge in [-0.25, -0.2) is 0 Å². The maximum Gasteiger partial charge on any atom is 0.573 e. The van der Waals surface area contributed by atoms with Crippen LogP contribution in [0.2, 0.25) is 5.02 Å². The Bertz CT molecular complexity index is 596. The van der Waals surface area contributed by atoms with Crippen molar-refractivity contribution in [3.63, 3.8) is 0 Å². The lowest BCUT2D eigenvalue weighted by atomic mass is 10.0. The lowest BCUT2D eigenvalue weighted by Crippen LogP contribution is -2.18. The highest BCUT2D eigenvalue weighted by atomic mass is 35.5. The summed E-state index contributed by atoms with van der Waals surface area (Å²) in [5.41, 5.74) is 7.04. The molecule has 0 saturated heterocycles. The molecule has 6 heteroatoms. The summed E-state index contributed by atoms with van der Waals surface area (Å²) in [7, 11) is 0. The van der Waals surface area contributed by atoms with Crippen molar-refractivity contribution in [2.45, 2.75) is 12.9 Å². The molecule has 0 amide bonds. The van der Waals surface area contributed by atoms with Crippen molar-refractivity contribution in [3.8, 4) is 16.9 Å². The molecule has 0 unspecified atom stereocenters. The van der Waals surface area contributed by atoms with E-state index < -0.39 is 6.36 Å². The number of rotatable bonds is 3. The van der Waals surface area contributed by atoms with E-state index >= 15 is 0 Å². The van der Waals surface area contributed by atoms with E-state index in [2.05, 4.69) is 4.74 Å². The molecule has 0 heterocycles. The van der Waals surface area contributed by atoms with Gasteiger partial charge in [0.05, 0.1) is 0 Å². The van der Waals surface area contributed by atoms with E-state index in [0.717, 1.165) is 5.56 Å². The van der Waals surface area contributed by atoms with Crippen molar-refractivity contribution >= 4 is 11.6 Å². The maximum atomic E-state index is 12.4. The normalized spacial score (nSPS) is 11.4. The van der Waals surface area contributed by atoms with E-state index in [9.17, 15) is 13.2 Å². The lowest BCUT2D eigenvalue weighted by molar-refractivity contribution is -0.274. The van der Waals surface area contributed by atoms with E-state index in [-0.39, 0.29) is 12.3 Å². The number of nitrogens with two attached hydrogens (primary N) is 1. The largest absolute Gasteiger partial charge is 0.573 e. The molecule has 0 spiro atoms.